The third kappa shape index (κ3) is 6.51. The summed E-state index contributed by atoms with van der Waals surface area (Å²) < 4.78 is 26.0. The van der Waals surface area contributed by atoms with Crippen LogP contribution in [0.15, 0.2) is 30.5 Å². The molecule has 2 atom stereocenters. The highest BCUT2D eigenvalue weighted by Gasteiger charge is 2.49. The van der Waals surface area contributed by atoms with Gasteiger partial charge in [0.25, 0.3) is 0 Å². The number of benzene rings is 1. The maximum atomic E-state index is 15.0. The first kappa shape index (κ1) is 32.0. The Labute approximate surface area is 265 Å². The van der Waals surface area contributed by atoms with Crippen LogP contribution in [0, 0.1) is 16.7 Å². The number of aromatic nitrogens is 1. The lowest BCUT2D eigenvalue weighted by Crippen LogP contribution is -2.50. The van der Waals surface area contributed by atoms with Gasteiger partial charge in [0, 0.05) is 70.2 Å². The SMILES string of the molecule is CC.COC(OC)C1CC2(CCN(c3ccc(C4c5ccc(NPI)c(C=N)c5CCN4CC4(F)CC4)nc3)CC2)C1. The lowest BCUT2D eigenvalue weighted by atomic mass is 9.57. The highest BCUT2D eigenvalue weighted by molar-refractivity contribution is 14.2. The van der Waals surface area contributed by atoms with Gasteiger partial charge in [-0.25, -0.2) is 4.39 Å². The fraction of sp³-hybridized carbons (Fsp3) is 0.625. The number of piperidine rings is 1. The Balaban J connectivity index is 0.00000173. The number of anilines is 2. The highest BCUT2D eigenvalue weighted by Crippen LogP contribution is 2.54. The van der Waals surface area contributed by atoms with Crippen LogP contribution in [-0.4, -0.2) is 68.5 Å². The quantitative estimate of drug-likeness (QED) is 0.115. The topological polar surface area (TPSA) is 73.7 Å². The number of methoxy groups -OCH3 is 2. The van der Waals surface area contributed by atoms with E-state index in [1.807, 2.05) is 20.0 Å². The van der Waals surface area contributed by atoms with Crippen molar-refractivity contribution in [3.63, 3.8) is 0 Å². The molecule has 1 saturated heterocycles. The molecule has 2 aliphatic heterocycles. The van der Waals surface area contributed by atoms with Crippen molar-refractivity contribution in [2.75, 3.05) is 50.4 Å². The molecule has 1 aromatic heterocycles. The van der Waals surface area contributed by atoms with E-state index in [2.05, 4.69) is 61.2 Å². The molecule has 1 aromatic carbocycles. The molecule has 2 unspecified atom stereocenters. The number of ether oxygens (including phenoxy) is 2. The van der Waals surface area contributed by atoms with E-state index in [1.54, 1.807) is 14.2 Å². The van der Waals surface area contributed by atoms with E-state index < -0.39 is 5.67 Å². The van der Waals surface area contributed by atoms with E-state index in [1.165, 1.54) is 37.5 Å². The number of nitrogens with one attached hydrogen (secondary N) is 2. The molecule has 6 rings (SSSR count). The van der Waals surface area contributed by atoms with Gasteiger partial charge in [0.2, 0.25) is 0 Å². The molecule has 2 saturated carbocycles. The third-order valence-corrected chi connectivity index (χ3v) is 11.0. The summed E-state index contributed by atoms with van der Waals surface area (Å²) in [7, 11) is 3.47. The summed E-state index contributed by atoms with van der Waals surface area (Å²) in [6.45, 7) is 7.29. The van der Waals surface area contributed by atoms with Crippen molar-refractivity contribution in [2.45, 2.75) is 76.8 Å². The predicted molar refractivity (Wildman–Crippen MR) is 180 cm³/mol. The molecule has 0 amide bonds. The first-order valence-electron chi connectivity index (χ1n) is 15.4. The van der Waals surface area contributed by atoms with Gasteiger partial charge in [-0.1, -0.05) is 19.9 Å². The smallest absolute Gasteiger partial charge is 0.159 e. The van der Waals surface area contributed by atoms with Crippen LogP contribution in [0.1, 0.15) is 80.8 Å². The van der Waals surface area contributed by atoms with Crippen LogP contribution < -0.4 is 9.99 Å². The van der Waals surface area contributed by atoms with Gasteiger partial charge < -0.3 is 24.9 Å². The van der Waals surface area contributed by atoms with Crippen molar-refractivity contribution < 1.29 is 13.9 Å². The van der Waals surface area contributed by atoms with Crippen molar-refractivity contribution in [3.8, 4) is 0 Å². The Morgan fingerprint density at radius 1 is 1.12 bits per heavy atom. The van der Waals surface area contributed by atoms with Gasteiger partial charge in [0.1, 0.15) is 5.67 Å². The first-order chi connectivity index (χ1) is 20.4. The summed E-state index contributed by atoms with van der Waals surface area (Å²) in [5.74, 6) is 0.505. The van der Waals surface area contributed by atoms with E-state index in [0.717, 1.165) is 54.3 Å². The van der Waals surface area contributed by atoms with Gasteiger partial charge >= 0.3 is 0 Å². The predicted octanol–water partition coefficient (Wildman–Crippen LogP) is 7.53. The molecule has 7 nitrogen and oxygen atoms in total. The minimum absolute atomic E-state index is 0.0818. The highest BCUT2D eigenvalue weighted by atomic mass is 127. The average molecular weight is 710 g/mol. The van der Waals surface area contributed by atoms with Crippen LogP contribution in [0.25, 0.3) is 0 Å². The summed E-state index contributed by atoms with van der Waals surface area (Å²) in [6.07, 6.45) is 10.8. The average Bonchev–Trinajstić information content (AvgIpc) is 3.74. The molecule has 0 bridgehead atoms. The minimum Gasteiger partial charge on any atom is -0.370 e. The van der Waals surface area contributed by atoms with Gasteiger partial charge in [-0.15, -0.1) is 0 Å². The number of pyridine rings is 1. The second-order valence-corrected chi connectivity index (χ2v) is 14.2. The molecule has 2 aromatic rings. The summed E-state index contributed by atoms with van der Waals surface area (Å²) in [6, 6.07) is 8.49. The Morgan fingerprint density at radius 3 is 2.40 bits per heavy atom. The van der Waals surface area contributed by atoms with E-state index in [-0.39, 0.29) is 12.3 Å². The van der Waals surface area contributed by atoms with Crippen molar-refractivity contribution in [2.24, 2.45) is 11.3 Å². The third-order valence-electron chi connectivity index (χ3n) is 9.79. The Kier molecular flexibility index (Phi) is 10.5. The fourth-order valence-corrected chi connectivity index (χ4v) is 8.61. The molecule has 2 aliphatic carbocycles. The molecular formula is C32H46FIN5O2P. The Hall–Kier alpha value is -1.39. The van der Waals surface area contributed by atoms with E-state index in [9.17, 15) is 0 Å². The normalized spacial score (nSPS) is 22.9. The lowest BCUT2D eigenvalue weighted by Gasteiger charge is -2.53. The molecule has 1 spiro atoms. The maximum Gasteiger partial charge on any atom is 0.159 e. The van der Waals surface area contributed by atoms with Gasteiger partial charge in [-0.05, 0) is 102 Å². The minimum atomic E-state index is -1.07. The molecule has 10 heteroatoms. The summed E-state index contributed by atoms with van der Waals surface area (Å²) in [5.41, 5.74) is 5.78. The Morgan fingerprint density at radius 2 is 1.83 bits per heavy atom. The van der Waals surface area contributed by atoms with Crippen LogP contribution in [0.4, 0.5) is 15.8 Å². The molecule has 230 valence electrons. The van der Waals surface area contributed by atoms with Crippen molar-refractivity contribution in [3.05, 3.63) is 52.8 Å². The molecule has 3 fully saturated rings. The number of nitrogens with zero attached hydrogens (tertiary/aromatic N) is 3. The zero-order valence-corrected chi connectivity index (χ0v) is 28.5. The Bertz CT molecular complexity index is 1210. The molecule has 4 aliphatic rings. The van der Waals surface area contributed by atoms with Gasteiger partial charge in [-0.3, -0.25) is 9.88 Å². The molecule has 2 N–H and O–H groups in total. The summed E-state index contributed by atoms with van der Waals surface area (Å²) in [5, 5.41) is 11.6. The van der Waals surface area contributed by atoms with Gasteiger partial charge in [0.05, 0.1) is 23.6 Å². The number of alkyl halides is 1. The number of fused-ring (bicyclic) bond motifs is 1. The van der Waals surface area contributed by atoms with E-state index in [0.29, 0.717) is 37.1 Å². The zero-order valence-electron chi connectivity index (χ0n) is 25.4. The molecular weight excluding hydrogens is 663 g/mol. The molecule has 42 heavy (non-hydrogen) atoms. The van der Waals surface area contributed by atoms with Crippen LogP contribution in [0.2, 0.25) is 0 Å². The van der Waals surface area contributed by atoms with Crippen molar-refractivity contribution >= 4 is 46.0 Å². The van der Waals surface area contributed by atoms with Gasteiger partial charge in [-0.2, -0.15) is 0 Å². The van der Waals surface area contributed by atoms with E-state index >= 15 is 4.39 Å². The maximum absolute atomic E-state index is 15.0. The number of halogens is 2. The second kappa shape index (κ2) is 13.7. The summed E-state index contributed by atoms with van der Waals surface area (Å²) >= 11 is 2.32. The zero-order chi connectivity index (χ0) is 29.9. The van der Waals surface area contributed by atoms with E-state index in [4.69, 9.17) is 19.9 Å². The van der Waals surface area contributed by atoms with Crippen LogP contribution in [-0.2, 0) is 15.9 Å². The van der Waals surface area contributed by atoms with Crippen LogP contribution in [0.5, 0.6) is 0 Å². The number of hydrogen-bond acceptors (Lipinski definition) is 7. The van der Waals surface area contributed by atoms with Crippen LogP contribution in [0.3, 0.4) is 0 Å². The second-order valence-electron chi connectivity index (χ2n) is 12.2. The molecule has 3 heterocycles. The molecule has 0 radical (unpaired) electrons. The largest absolute Gasteiger partial charge is 0.370 e. The van der Waals surface area contributed by atoms with Crippen molar-refractivity contribution in [1.82, 2.24) is 9.88 Å². The van der Waals surface area contributed by atoms with Crippen LogP contribution >= 0.6 is 28.4 Å². The first-order valence-corrected chi connectivity index (χ1v) is 19.5. The fourth-order valence-electron chi connectivity index (χ4n) is 7.42. The summed E-state index contributed by atoms with van der Waals surface area (Å²) in [4.78, 5) is 9.75. The lowest BCUT2D eigenvalue weighted by molar-refractivity contribution is -0.184. The van der Waals surface area contributed by atoms with Crippen molar-refractivity contribution in [1.29, 1.82) is 5.41 Å². The van der Waals surface area contributed by atoms with Gasteiger partial charge in [0.15, 0.2) is 6.29 Å². The number of rotatable bonds is 10. The number of hydrogen-bond donors (Lipinski definition) is 2. The monoisotopic (exact) mass is 709 g/mol. The standard InChI is InChI=1S/C30H40FIN5O2P.C2H6/c1-38-28(39-2)20-15-29(16-20)10-13-36(14-11-29)21-3-5-26(34-18-21)27-23-4-6-25(35-40-32)24(17-33)22(23)7-12-37(27)19-30(31)8-9-30;1-2/h3-6,17-18,20,27-28,33,35,40H,7-16,19H2,1-2H3;1-2H3.